The summed E-state index contributed by atoms with van der Waals surface area (Å²) in [7, 11) is 1.67. The van der Waals surface area contributed by atoms with E-state index in [9.17, 15) is 0 Å². The molecule has 1 spiro atoms. The molecule has 2 aliphatic heterocycles. The zero-order chi connectivity index (χ0) is 18.5. The molecule has 2 saturated heterocycles. The zero-order valence-corrected chi connectivity index (χ0v) is 15.6. The standard InChI is InChI=1S/C19H25N5O3/c1-25-16-4-2-15(3-5-16)6-9-20-17-14-21-23-18(22-17)24-10-7-19(8-11-24)26-12-13-27-19/h2-5,14H,6-13H2,1H3,(H,20,22,23). The molecular formula is C19H25N5O3. The summed E-state index contributed by atoms with van der Waals surface area (Å²) in [5.41, 5.74) is 1.24. The molecule has 144 valence electrons. The van der Waals surface area contributed by atoms with Gasteiger partial charge in [-0.3, -0.25) is 0 Å². The summed E-state index contributed by atoms with van der Waals surface area (Å²) in [6.07, 6.45) is 4.20. The smallest absolute Gasteiger partial charge is 0.247 e. The number of piperidine rings is 1. The lowest BCUT2D eigenvalue weighted by Crippen LogP contribution is -2.45. The van der Waals surface area contributed by atoms with Gasteiger partial charge in [-0.2, -0.15) is 10.1 Å². The largest absolute Gasteiger partial charge is 0.497 e. The molecule has 2 aliphatic rings. The van der Waals surface area contributed by atoms with Gasteiger partial charge in [0.25, 0.3) is 0 Å². The molecule has 0 bridgehead atoms. The van der Waals surface area contributed by atoms with Crippen molar-refractivity contribution in [3.05, 3.63) is 36.0 Å². The Labute approximate surface area is 158 Å². The van der Waals surface area contributed by atoms with Crippen molar-refractivity contribution in [3.8, 4) is 5.75 Å². The first-order valence-electron chi connectivity index (χ1n) is 9.36. The molecule has 0 atom stereocenters. The van der Waals surface area contributed by atoms with Gasteiger partial charge in [-0.05, 0) is 24.1 Å². The van der Waals surface area contributed by atoms with E-state index in [-0.39, 0.29) is 0 Å². The molecule has 2 fully saturated rings. The average Bonchev–Trinajstić information content (AvgIpc) is 3.17. The highest BCUT2D eigenvalue weighted by Gasteiger charge is 2.40. The van der Waals surface area contributed by atoms with Crippen molar-refractivity contribution in [2.24, 2.45) is 0 Å². The van der Waals surface area contributed by atoms with Crippen molar-refractivity contribution in [2.45, 2.75) is 25.0 Å². The molecule has 0 radical (unpaired) electrons. The third-order valence-corrected chi connectivity index (χ3v) is 5.05. The topological polar surface area (TPSA) is 81.6 Å². The summed E-state index contributed by atoms with van der Waals surface area (Å²) in [6, 6.07) is 8.09. The van der Waals surface area contributed by atoms with Crippen LogP contribution in [-0.2, 0) is 15.9 Å². The van der Waals surface area contributed by atoms with Gasteiger partial charge in [-0.25, -0.2) is 0 Å². The van der Waals surface area contributed by atoms with Crippen LogP contribution in [0.2, 0.25) is 0 Å². The fraction of sp³-hybridized carbons (Fsp3) is 0.526. The van der Waals surface area contributed by atoms with Gasteiger partial charge in [0.05, 0.1) is 26.5 Å². The average molecular weight is 371 g/mol. The van der Waals surface area contributed by atoms with E-state index >= 15 is 0 Å². The lowest BCUT2D eigenvalue weighted by atomic mass is 10.0. The second kappa shape index (κ2) is 8.06. The summed E-state index contributed by atoms with van der Waals surface area (Å²) in [6.45, 7) is 3.75. The lowest BCUT2D eigenvalue weighted by Gasteiger charge is -2.37. The van der Waals surface area contributed by atoms with Crippen LogP contribution in [-0.4, -0.2) is 60.9 Å². The van der Waals surface area contributed by atoms with Gasteiger partial charge < -0.3 is 24.4 Å². The van der Waals surface area contributed by atoms with Crippen LogP contribution in [0.3, 0.4) is 0 Å². The van der Waals surface area contributed by atoms with E-state index in [1.165, 1.54) is 5.56 Å². The Morgan fingerprint density at radius 2 is 1.89 bits per heavy atom. The van der Waals surface area contributed by atoms with E-state index in [1.807, 2.05) is 12.1 Å². The Bertz CT molecular complexity index is 739. The maximum atomic E-state index is 5.77. The molecule has 1 N–H and O–H groups in total. The minimum atomic E-state index is -0.391. The van der Waals surface area contributed by atoms with Crippen molar-refractivity contribution in [1.82, 2.24) is 15.2 Å². The minimum Gasteiger partial charge on any atom is -0.497 e. The van der Waals surface area contributed by atoms with Crippen LogP contribution in [0.4, 0.5) is 11.8 Å². The van der Waals surface area contributed by atoms with E-state index in [4.69, 9.17) is 14.2 Å². The van der Waals surface area contributed by atoms with Crippen molar-refractivity contribution in [2.75, 3.05) is 50.2 Å². The number of aromatic nitrogens is 3. The maximum Gasteiger partial charge on any atom is 0.247 e. The first-order chi connectivity index (χ1) is 13.3. The molecule has 1 aromatic carbocycles. The predicted molar refractivity (Wildman–Crippen MR) is 101 cm³/mol. The highest BCUT2D eigenvalue weighted by atomic mass is 16.7. The maximum absolute atomic E-state index is 5.77. The predicted octanol–water partition coefficient (Wildman–Crippen LogP) is 1.88. The molecule has 1 aromatic heterocycles. The Kier molecular flexibility index (Phi) is 5.35. The fourth-order valence-corrected chi connectivity index (χ4v) is 3.47. The molecule has 4 rings (SSSR count). The Balaban J connectivity index is 1.30. The van der Waals surface area contributed by atoms with Crippen LogP contribution < -0.4 is 15.0 Å². The van der Waals surface area contributed by atoms with E-state index in [0.29, 0.717) is 19.2 Å². The van der Waals surface area contributed by atoms with Crippen LogP contribution in [0.25, 0.3) is 0 Å². The summed E-state index contributed by atoms with van der Waals surface area (Å²) in [5, 5.41) is 11.6. The quantitative estimate of drug-likeness (QED) is 0.824. The highest BCUT2D eigenvalue weighted by molar-refractivity contribution is 5.39. The number of ether oxygens (including phenoxy) is 3. The molecule has 0 amide bonds. The fourth-order valence-electron chi connectivity index (χ4n) is 3.47. The van der Waals surface area contributed by atoms with Gasteiger partial charge in [0, 0.05) is 32.5 Å². The van der Waals surface area contributed by atoms with Gasteiger partial charge in [0.1, 0.15) is 5.75 Å². The molecule has 3 heterocycles. The first-order valence-corrected chi connectivity index (χ1v) is 9.36. The monoisotopic (exact) mass is 371 g/mol. The number of nitrogens with zero attached hydrogens (tertiary/aromatic N) is 4. The van der Waals surface area contributed by atoms with Crippen LogP contribution in [0.1, 0.15) is 18.4 Å². The molecule has 8 heteroatoms. The number of benzene rings is 1. The van der Waals surface area contributed by atoms with Crippen molar-refractivity contribution < 1.29 is 14.2 Å². The van der Waals surface area contributed by atoms with E-state index in [1.54, 1.807) is 13.3 Å². The normalized spacial score (nSPS) is 18.6. The van der Waals surface area contributed by atoms with Gasteiger partial charge in [-0.1, -0.05) is 12.1 Å². The molecule has 0 aliphatic carbocycles. The van der Waals surface area contributed by atoms with Gasteiger partial charge >= 0.3 is 0 Å². The summed E-state index contributed by atoms with van der Waals surface area (Å²) in [4.78, 5) is 6.75. The number of rotatable bonds is 6. The van der Waals surface area contributed by atoms with Crippen LogP contribution in [0, 0.1) is 0 Å². The van der Waals surface area contributed by atoms with Crippen molar-refractivity contribution >= 4 is 11.8 Å². The van der Waals surface area contributed by atoms with Gasteiger partial charge in [0.2, 0.25) is 5.95 Å². The first kappa shape index (κ1) is 17.9. The van der Waals surface area contributed by atoms with Crippen molar-refractivity contribution in [1.29, 1.82) is 0 Å². The second-order valence-electron chi connectivity index (χ2n) is 6.76. The Hall–Kier alpha value is -2.45. The third-order valence-electron chi connectivity index (χ3n) is 5.05. The number of nitrogens with one attached hydrogen (secondary N) is 1. The zero-order valence-electron chi connectivity index (χ0n) is 15.6. The summed E-state index contributed by atoms with van der Waals surface area (Å²) >= 11 is 0. The second-order valence-corrected chi connectivity index (χ2v) is 6.76. The molecule has 8 nitrogen and oxygen atoms in total. The molecule has 27 heavy (non-hydrogen) atoms. The highest BCUT2D eigenvalue weighted by Crippen LogP contribution is 2.32. The van der Waals surface area contributed by atoms with Crippen LogP contribution in [0.15, 0.2) is 30.5 Å². The van der Waals surface area contributed by atoms with E-state index in [2.05, 4.69) is 37.5 Å². The molecule has 0 unspecified atom stereocenters. The van der Waals surface area contributed by atoms with E-state index in [0.717, 1.165) is 50.5 Å². The molecule has 0 saturated carbocycles. The third kappa shape index (κ3) is 4.28. The van der Waals surface area contributed by atoms with Crippen molar-refractivity contribution in [3.63, 3.8) is 0 Å². The van der Waals surface area contributed by atoms with Crippen LogP contribution >= 0.6 is 0 Å². The van der Waals surface area contributed by atoms with E-state index < -0.39 is 5.79 Å². The Morgan fingerprint density at radius 1 is 1.15 bits per heavy atom. The number of hydrogen-bond acceptors (Lipinski definition) is 8. The van der Waals surface area contributed by atoms with Crippen LogP contribution in [0.5, 0.6) is 5.75 Å². The number of methoxy groups -OCH3 is 1. The summed E-state index contributed by atoms with van der Waals surface area (Å²) < 4.78 is 16.7. The molecule has 2 aromatic rings. The van der Waals surface area contributed by atoms with Gasteiger partial charge in [-0.15, -0.1) is 5.10 Å². The molecular weight excluding hydrogens is 346 g/mol. The minimum absolute atomic E-state index is 0.391. The summed E-state index contributed by atoms with van der Waals surface area (Å²) in [5.74, 6) is 1.87. The van der Waals surface area contributed by atoms with Gasteiger partial charge in [0.15, 0.2) is 11.6 Å². The SMILES string of the molecule is COc1ccc(CCNc2cnnc(N3CCC4(CC3)OCCO4)n2)cc1. The number of anilines is 2. The Morgan fingerprint density at radius 3 is 2.59 bits per heavy atom. The lowest BCUT2D eigenvalue weighted by molar-refractivity contribution is -0.169. The number of hydrogen-bond donors (Lipinski definition) is 1.